The van der Waals surface area contributed by atoms with E-state index in [0.29, 0.717) is 49.9 Å². The summed E-state index contributed by atoms with van der Waals surface area (Å²) in [7, 11) is -4.20. The number of nitrogens with zero attached hydrogens (tertiary/aromatic N) is 3. The molecule has 1 aliphatic rings. The smallest absolute Gasteiger partial charge is 0.340 e. The number of ether oxygens (including phenoxy) is 1. The number of hydrogen-bond donors (Lipinski definition) is 1. The van der Waals surface area contributed by atoms with Crippen LogP contribution in [-0.4, -0.2) is 45.0 Å². The Hall–Kier alpha value is -3.59. The second-order valence-corrected chi connectivity index (χ2v) is 9.98. The summed E-state index contributed by atoms with van der Waals surface area (Å²) in [6, 6.07) is 6.05. The van der Waals surface area contributed by atoms with Crippen LogP contribution in [-0.2, 0) is 31.7 Å². The van der Waals surface area contributed by atoms with Gasteiger partial charge in [-0.05, 0) is 38.3 Å². The van der Waals surface area contributed by atoms with Crippen LogP contribution in [0.15, 0.2) is 24.3 Å². The number of nitriles is 1. The van der Waals surface area contributed by atoms with Gasteiger partial charge in [0.05, 0.1) is 29.2 Å². The Bertz CT molecular complexity index is 1300. The topological polar surface area (TPSA) is 129 Å². The van der Waals surface area contributed by atoms with E-state index in [4.69, 9.17) is 4.74 Å². The number of anilines is 1. The van der Waals surface area contributed by atoms with Crippen molar-refractivity contribution >= 4 is 27.7 Å². The number of rotatable bonds is 8. The molecule has 9 nitrogen and oxygen atoms in total. The van der Waals surface area contributed by atoms with Crippen molar-refractivity contribution in [1.82, 2.24) is 9.71 Å². The third kappa shape index (κ3) is 6.34. The number of aryl methyl sites for hydroxylation is 1. The number of nitrogens with one attached hydrogen (secondary N) is 1. The summed E-state index contributed by atoms with van der Waals surface area (Å²) in [6.45, 7) is 4.36. The summed E-state index contributed by atoms with van der Waals surface area (Å²) in [5.74, 6) is -4.14. The van der Waals surface area contributed by atoms with E-state index < -0.39 is 45.2 Å². The molecule has 12 heteroatoms. The normalized spacial score (nSPS) is 14.2. The van der Waals surface area contributed by atoms with Crippen molar-refractivity contribution in [3.8, 4) is 6.07 Å². The second-order valence-electron chi connectivity index (χ2n) is 8.26. The SMILES string of the molecule is CCOC(=O)c1cc(C#N)c(N2CCC(C(=O)NS(=O)(=O)Cc3ccc(F)cc3F)CC2)nc1CC. The Morgan fingerprint density at radius 1 is 1.22 bits per heavy atom. The van der Waals surface area contributed by atoms with Crippen LogP contribution in [0.25, 0.3) is 0 Å². The number of pyridine rings is 1. The van der Waals surface area contributed by atoms with Gasteiger partial charge in [0.25, 0.3) is 0 Å². The predicted octanol–water partition coefficient (Wildman–Crippen LogP) is 2.83. The number of aromatic nitrogens is 1. The number of carbonyl (C=O) groups is 2. The molecule has 3 rings (SSSR count). The van der Waals surface area contributed by atoms with Crippen molar-refractivity contribution in [2.75, 3.05) is 24.6 Å². The Kier molecular flexibility index (Phi) is 8.57. The molecule has 2 aromatic rings. The lowest BCUT2D eigenvalue weighted by atomic mass is 9.96. The van der Waals surface area contributed by atoms with Gasteiger partial charge < -0.3 is 9.64 Å². The zero-order valence-corrected chi connectivity index (χ0v) is 20.7. The van der Waals surface area contributed by atoms with Crippen LogP contribution in [0, 0.1) is 28.9 Å². The molecule has 0 atom stereocenters. The van der Waals surface area contributed by atoms with Crippen LogP contribution in [0.2, 0.25) is 0 Å². The third-order valence-corrected chi connectivity index (χ3v) is 7.02. The van der Waals surface area contributed by atoms with Gasteiger partial charge in [-0.2, -0.15) is 5.26 Å². The van der Waals surface area contributed by atoms with Crippen molar-refractivity contribution in [3.63, 3.8) is 0 Å². The number of benzene rings is 1. The van der Waals surface area contributed by atoms with Gasteiger partial charge in [-0.1, -0.05) is 13.0 Å². The fourth-order valence-electron chi connectivity index (χ4n) is 3.99. The highest BCUT2D eigenvalue weighted by molar-refractivity contribution is 7.89. The van der Waals surface area contributed by atoms with Crippen LogP contribution in [0.5, 0.6) is 0 Å². The molecule has 0 aliphatic carbocycles. The van der Waals surface area contributed by atoms with E-state index >= 15 is 0 Å². The molecule has 1 aliphatic heterocycles. The van der Waals surface area contributed by atoms with E-state index in [0.717, 1.165) is 12.1 Å². The fourth-order valence-corrected chi connectivity index (χ4v) is 5.18. The van der Waals surface area contributed by atoms with Gasteiger partial charge in [0, 0.05) is 30.6 Å². The van der Waals surface area contributed by atoms with Gasteiger partial charge in [0.1, 0.15) is 23.5 Å². The molecule has 0 unspecified atom stereocenters. The third-order valence-electron chi connectivity index (χ3n) is 5.81. The molecule has 1 aromatic heterocycles. The number of sulfonamides is 1. The van der Waals surface area contributed by atoms with Crippen LogP contribution in [0.4, 0.5) is 14.6 Å². The van der Waals surface area contributed by atoms with Gasteiger partial charge in [0.2, 0.25) is 15.9 Å². The fraction of sp³-hybridized carbons (Fsp3) is 0.417. The van der Waals surface area contributed by atoms with Crippen LogP contribution < -0.4 is 9.62 Å². The van der Waals surface area contributed by atoms with E-state index in [1.165, 1.54) is 6.07 Å². The maximum atomic E-state index is 13.8. The summed E-state index contributed by atoms with van der Waals surface area (Å²) in [5.41, 5.74) is 0.667. The first-order valence-corrected chi connectivity index (χ1v) is 13.1. The Morgan fingerprint density at radius 2 is 1.92 bits per heavy atom. The molecule has 0 radical (unpaired) electrons. The van der Waals surface area contributed by atoms with E-state index in [-0.39, 0.29) is 23.3 Å². The number of hydrogen-bond acceptors (Lipinski definition) is 8. The van der Waals surface area contributed by atoms with E-state index in [1.807, 2.05) is 16.5 Å². The lowest BCUT2D eigenvalue weighted by molar-refractivity contribution is -0.123. The Morgan fingerprint density at radius 3 is 2.50 bits per heavy atom. The van der Waals surface area contributed by atoms with Gasteiger partial charge in [-0.3, -0.25) is 9.52 Å². The quantitative estimate of drug-likeness (QED) is 0.526. The number of esters is 1. The number of carbonyl (C=O) groups excluding carboxylic acids is 2. The number of piperidine rings is 1. The molecule has 2 heterocycles. The van der Waals surface area contributed by atoms with Crippen molar-refractivity contribution in [3.05, 3.63) is 58.3 Å². The average molecular weight is 521 g/mol. The molecule has 36 heavy (non-hydrogen) atoms. The zero-order chi connectivity index (χ0) is 26.5. The molecule has 1 N–H and O–H groups in total. The summed E-state index contributed by atoms with van der Waals surface area (Å²) in [5, 5.41) is 9.63. The number of halogens is 2. The second kappa shape index (κ2) is 11.4. The Labute approximate surface area is 208 Å². The van der Waals surface area contributed by atoms with Crippen LogP contribution >= 0.6 is 0 Å². The molecule has 0 saturated carbocycles. The summed E-state index contributed by atoms with van der Waals surface area (Å²) >= 11 is 0. The van der Waals surface area contributed by atoms with Crippen molar-refractivity contribution in [2.24, 2.45) is 5.92 Å². The highest BCUT2D eigenvalue weighted by Gasteiger charge is 2.30. The van der Waals surface area contributed by atoms with Crippen LogP contribution in [0.3, 0.4) is 0 Å². The molecule has 192 valence electrons. The maximum Gasteiger partial charge on any atom is 0.340 e. The van der Waals surface area contributed by atoms with Crippen molar-refractivity contribution < 1.29 is 31.5 Å². The van der Waals surface area contributed by atoms with Gasteiger partial charge >= 0.3 is 5.97 Å². The minimum Gasteiger partial charge on any atom is -0.462 e. The molecule has 1 saturated heterocycles. The van der Waals surface area contributed by atoms with Crippen LogP contribution in [0.1, 0.15) is 53.9 Å². The molecular formula is C24H26F2N4O5S. The minimum atomic E-state index is -4.20. The molecule has 0 bridgehead atoms. The van der Waals surface area contributed by atoms with E-state index in [2.05, 4.69) is 11.1 Å². The average Bonchev–Trinajstić information content (AvgIpc) is 2.84. The van der Waals surface area contributed by atoms with Crippen molar-refractivity contribution in [2.45, 2.75) is 38.9 Å². The molecular weight excluding hydrogens is 494 g/mol. The lowest BCUT2D eigenvalue weighted by Gasteiger charge is -2.33. The van der Waals surface area contributed by atoms with Gasteiger partial charge in [0.15, 0.2) is 0 Å². The first-order valence-electron chi connectivity index (χ1n) is 11.4. The molecule has 0 spiro atoms. The zero-order valence-electron chi connectivity index (χ0n) is 19.9. The lowest BCUT2D eigenvalue weighted by Crippen LogP contribution is -2.43. The molecule has 1 amide bonds. The van der Waals surface area contributed by atoms with Gasteiger partial charge in [-0.25, -0.2) is 27.0 Å². The molecule has 1 fully saturated rings. The number of amides is 1. The first-order chi connectivity index (χ1) is 17.1. The monoisotopic (exact) mass is 520 g/mol. The first kappa shape index (κ1) is 27.0. The van der Waals surface area contributed by atoms with E-state index in [1.54, 1.807) is 6.92 Å². The highest BCUT2D eigenvalue weighted by Crippen LogP contribution is 2.27. The van der Waals surface area contributed by atoms with E-state index in [9.17, 15) is 32.0 Å². The van der Waals surface area contributed by atoms with Crippen molar-refractivity contribution in [1.29, 1.82) is 5.26 Å². The predicted molar refractivity (Wildman–Crippen MR) is 126 cm³/mol. The summed E-state index contributed by atoms with van der Waals surface area (Å²) < 4.78 is 58.7. The highest BCUT2D eigenvalue weighted by atomic mass is 32.2. The summed E-state index contributed by atoms with van der Waals surface area (Å²) in [6.07, 6.45) is 1.03. The largest absolute Gasteiger partial charge is 0.462 e. The molecule has 1 aromatic carbocycles. The van der Waals surface area contributed by atoms with Gasteiger partial charge in [-0.15, -0.1) is 0 Å². The minimum absolute atomic E-state index is 0.190. The summed E-state index contributed by atoms with van der Waals surface area (Å²) in [4.78, 5) is 31.2. The maximum absolute atomic E-state index is 13.8. The standard InChI is InChI=1S/C24H26F2N4O5S/c1-3-21-19(24(32)35-4-2)11-17(13-27)22(28-21)30-9-7-15(8-10-30)23(31)29-36(33,34)14-16-5-6-18(25)12-20(16)26/h5-6,11-12,15H,3-4,7-10,14H2,1-2H3,(H,29,31). The Balaban J connectivity index is 1.68.